The summed E-state index contributed by atoms with van der Waals surface area (Å²) >= 11 is 0. The van der Waals surface area contributed by atoms with E-state index >= 15 is 0 Å². The van der Waals surface area contributed by atoms with Gasteiger partial charge < -0.3 is 20.3 Å². The van der Waals surface area contributed by atoms with E-state index in [1.165, 1.54) is 19.3 Å². The first-order valence-electron chi connectivity index (χ1n) is 9.20. The molecule has 3 rings (SSSR count). The summed E-state index contributed by atoms with van der Waals surface area (Å²) in [6.07, 6.45) is 9.66. The zero-order valence-electron chi connectivity index (χ0n) is 13.9. The Balaban J connectivity index is 1.47. The van der Waals surface area contributed by atoms with E-state index in [1.54, 1.807) is 4.90 Å². The fourth-order valence-corrected chi connectivity index (χ4v) is 3.92. The van der Waals surface area contributed by atoms with Crippen molar-refractivity contribution in [1.29, 1.82) is 0 Å². The number of carbonyl (C=O) groups is 2. The minimum atomic E-state index is -0.319. The standard InChI is InChI=1S/C17H29N3O3/c21-16(18-12-14-8-5-11-23-14)15-9-4-10-20(15)17(22)19-13-6-2-1-3-7-13/h13-15H,1-12H2,(H,18,21)(H,19,22)/t14-,15+/m0/s1. The second kappa shape index (κ2) is 7.99. The number of rotatable bonds is 4. The van der Waals surface area contributed by atoms with Crippen molar-refractivity contribution in [2.24, 2.45) is 0 Å². The maximum absolute atomic E-state index is 12.5. The Bertz CT molecular complexity index is 417. The van der Waals surface area contributed by atoms with E-state index in [0.717, 1.165) is 45.1 Å². The second-order valence-corrected chi connectivity index (χ2v) is 7.02. The summed E-state index contributed by atoms with van der Waals surface area (Å²) in [5.74, 6) is -0.0307. The summed E-state index contributed by atoms with van der Waals surface area (Å²) < 4.78 is 5.53. The van der Waals surface area contributed by atoms with Crippen LogP contribution < -0.4 is 10.6 Å². The van der Waals surface area contributed by atoms with Crippen molar-refractivity contribution < 1.29 is 14.3 Å². The predicted molar refractivity (Wildman–Crippen MR) is 87.1 cm³/mol. The van der Waals surface area contributed by atoms with Crippen molar-refractivity contribution >= 4 is 11.9 Å². The Morgan fingerprint density at radius 2 is 1.83 bits per heavy atom. The van der Waals surface area contributed by atoms with Gasteiger partial charge in [0.1, 0.15) is 6.04 Å². The number of nitrogens with zero attached hydrogens (tertiary/aromatic N) is 1. The van der Waals surface area contributed by atoms with Gasteiger partial charge in [0.05, 0.1) is 6.10 Å². The average Bonchev–Trinajstić information content (AvgIpc) is 3.25. The third-order valence-electron chi connectivity index (χ3n) is 5.28. The molecule has 0 aromatic rings. The van der Waals surface area contributed by atoms with Crippen LogP contribution in [0.1, 0.15) is 57.8 Å². The number of urea groups is 1. The van der Waals surface area contributed by atoms with E-state index in [-0.39, 0.29) is 30.1 Å². The Morgan fingerprint density at radius 1 is 1.00 bits per heavy atom. The van der Waals surface area contributed by atoms with Crippen molar-refractivity contribution in [3.8, 4) is 0 Å². The molecule has 23 heavy (non-hydrogen) atoms. The van der Waals surface area contributed by atoms with Crippen LogP contribution in [0.4, 0.5) is 4.79 Å². The number of likely N-dealkylation sites (tertiary alicyclic amines) is 1. The van der Waals surface area contributed by atoms with Gasteiger partial charge in [-0.2, -0.15) is 0 Å². The van der Waals surface area contributed by atoms with Gasteiger partial charge in [-0.15, -0.1) is 0 Å². The molecule has 0 aromatic heterocycles. The van der Waals surface area contributed by atoms with Crippen LogP contribution in [-0.4, -0.2) is 54.7 Å². The molecule has 0 radical (unpaired) electrons. The summed E-state index contributed by atoms with van der Waals surface area (Å²) in [5, 5.41) is 6.09. The molecule has 0 spiro atoms. The summed E-state index contributed by atoms with van der Waals surface area (Å²) in [5.41, 5.74) is 0. The van der Waals surface area contributed by atoms with Gasteiger partial charge >= 0.3 is 6.03 Å². The van der Waals surface area contributed by atoms with Gasteiger partial charge in [0, 0.05) is 25.7 Å². The molecular weight excluding hydrogens is 294 g/mol. The van der Waals surface area contributed by atoms with Crippen molar-refractivity contribution in [3.63, 3.8) is 0 Å². The molecule has 3 amide bonds. The third-order valence-corrected chi connectivity index (χ3v) is 5.28. The number of hydrogen-bond acceptors (Lipinski definition) is 3. The first-order chi connectivity index (χ1) is 11.2. The molecule has 1 saturated carbocycles. The van der Waals surface area contributed by atoms with Crippen molar-refractivity contribution in [2.75, 3.05) is 19.7 Å². The van der Waals surface area contributed by atoms with Crippen LogP contribution in [0.25, 0.3) is 0 Å². The lowest BCUT2D eigenvalue weighted by atomic mass is 9.96. The molecule has 2 N–H and O–H groups in total. The Kier molecular flexibility index (Phi) is 5.75. The lowest BCUT2D eigenvalue weighted by Gasteiger charge is -2.29. The quantitative estimate of drug-likeness (QED) is 0.828. The van der Waals surface area contributed by atoms with Crippen LogP contribution in [0.15, 0.2) is 0 Å². The highest BCUT2D eigenvalue weighted by Gasteiger charge is 2.35. The van der Waals surface area contributed by atoms with Crippen LogP contribution in [0.2, 0.25) is 0 Å². The molecule has 0 aromatic carbocycles. The maximum Gasteiger partial charge on any atom is 0.318 e. The Labute approximate surface area is 138 Å². The number of nitrogens with one attached hydrogen (secondary N) is 2. The van der Waals surface area contributed by atoms with Gasteiger partial charge in [-0.3, -0.25) is 4.79 Å². The van der Waals surface area contributed by atoms with Crippen molar-refractivity contribution in [2.45, 2.75) is 76.0 Å². The van der Waals surface area contributed by atoms with Crippen LogP contribution in [-0.2, 0) is 9.53 Å². The molecule has 0 bridgehead atoms. The zero-order chi connectivity index (χ0) is 16.1. The van der Waals surface area contributed by atoms with E-state index in [0.29, 0.717) is 13.1 Å². The number of carbonyl (C=O) groups excluding carboxylic acids is 2. The van der Waals surface area contributed by atoms with Crippen LogP contribution >= 0.6 is 0 Å². The Hall–Kier alpha value is -1.30. The molecule has 2 heterocycles. The van der Waals surface area contributed by atoms with Crippen LogP contribution in [0, 0.1) is 0 Å². The number of hydrogen-bond donors (Lipinski definition) is 2. The third kappa shape index (κ3) is 4.37. The van der Waals surface area contributed by atoms with Crippen LogP contribution in [0.5, 0.6) is 0 Å². The molecule has 2 atom stereocenters. The first kappa shape index (κ1) is 16.6. The van der Waals surface area contributed by atoms with Gasteiger partial charge in [-0.25, -0.2) is 4.79 Å². The molecule has 6 heteroatoms. The van der Waals surface area contributed by atoms with Crippen molar-refractivity contribution in [3.05, 3.63) is 0 Å². The lowest BCUT2D eigenvalue weighted by Crippen LogP contribution is -2.52. The van der Waals surface area contributed by atoms with E-state index < -0.39 is 0 Å². The maximum atomic E-state index is 12.5. The van der Waals surface area contributed by atoms with Gasteiger partial charge in [-0.05, 0) is 38.5 Å². The van der Waals surface area contributed by atoms with E-state index in [4.69, 9.17) is 4.74 Å². The van der Waals surface area contributed by atoms with Gasteiger partial charge in [0.25, 0.3) is 0 Å². The normalized spacial score (nSPS) is 28.8. The monoisotopic (exact) mass is 323 g/mol. The Morgan fingerprint density at radius 3 is 2.57 bits per heavy atom. The molecule has 2 saturated heterocycles. The highest BCUT2D eigenvalue weighted by atomic mass is 16.5. The summed E-state index contributed by atoms with van der Waals surface area (Å²) in [7, 11) is 0. The van der Waals surface area contributed by atoms with E-state index in [2.05, 4.69) is 10.6 Å². The minimum Gasteiger partial charge on any atom is -0.376 e. The SMILES string of the molecule is O=C(NC[C@@H]1CCCO1)[C@H]1CCCN1C(=O)NC1CCCCC1. The molecule has 130 valence electrons. The van der Waals surface area contributed by atoms with E-state index in [9.17, 15) is 9.59 Å². The lowest BCUT2D eigenvalue weighted by molar-refractivity contribution is -0.125. The highest BCUT2D eigenvalue weighted by molar-refractivity contribution is 5.87. The van der Waals surface area contributed by atoms with Gasteiger partial charge in [0.2, 0.25) is 5.91 Å². The predicted octanol–water partition coefficient (Wildman–Crippen LogP) is 1.79. The number of ether oxygens (including phenoxy) is 1. The molecule has 3 fully saturated rings. The molecule has 3 aliphatic rings. The highest BCUT2D eigenvalue weighted by Crippen LogP contribution is 2.21. The van der Waals surface area contributed by atoms with Gasteiger partial charge in [0.15, 0.2) is 0 Å². The molecule has 6 nitrogen and oxygen atoms in total. The van der Waals surface area contributed by atoms with Crippen LogP contribution in [0.3, 0.4) is 0 Å². The van der Waals surface area contributed by atoms with E-state index in [1.807, 2.05) is 0 Å². The fraction of sp³-hybridized carbons (Fsp3) is 0.882. The summed E-state index contributed by atoms with van der Waals surface area (Å²) in [6.45, 7) is 2.03. The molecular formula is C17H29N3O3. The minimum absolute atomic E-state index is 0.0307. The topological polar surface area (TPSA) is 70.7 Å². The molecule has 0 unspecified atom stereocenters. The summed E-state index contributed by atoms with van der Waals surface area (Å²) in [6, 6.07) is -0.0980. The largest absolute Gasteiger partial charge is 0.376 e. The average molecular weight is 323 g/mol. The zero-order valence-corrected chi connectivity index (χ0v) is 13.9. The molecule has 1 aliphatic carbocycles. The number of amides is 3. The van der Waals surface area contributed by atoms with Gasteiger partial charge in [-0.1, -0.05) is 19.3 Å². The summed E-state index contributed by atoms with van der Waals surface area (Å²) in [4.78, 5) is 26.6. The first-order valence-corrected chi connectivity index (χ1v) is 9.20. The molecule has 2 aliphatic heterocycles. The van der Waals surface area contributed by atoms with Crippen molar-refractivity contribution in [1.82, 2.24) is 15.5 Å². The second-order valence-electron chi connectivity index (χ2n) is 7.02. The smallest absolute Gasteiger partial charge is 0.318 e. The fourth-order valence-electron chi connectivity index (χ4n) is 3.92.